The molecule has 0 unspecified atom stereocenters. The molecule has 0 bridgehead atoms. The third-order valence-electron chi connectivity index (χ3n) is 3.13. The lowest BCUT2D eigenvalue weighted by Crippen LogP contribution is -2.12. The van der Waals surface area contributed by atoms with Crippen LogP contribution in [0.5, 0.6) is 17.2 Å². The van der Waals surface area contributed by atoms with Crippen molar-refractivity contribution in [1.82, 2.24) is 0 Å². The highest BCUT2D eigenvalue weighted by molar-refractivity contribution is 14.1. The van der Waals surface area contributed by atoms with Crippen LogP contribution in [-0.4, -0.2) is 33.5 Å². The Morgan fingerprint density at radius 2 is 1.75 bits per heavy atom. The normalized spacial score (nSPS) is 10.5. The van der Waals surface area contributed by atoms with Gasteiger partial charge in [-0.25, -0.2) is 4.79 Å². The molecular weight excluding hydrogens is 425 g/mol. The number of ether oxygens (including phenoxy) is 3. The van der Waals surface area contributed by atoms with E-state index in [1.807, 2.05) is 12.1 Å². The number of methoxy groups -OCH3 is 2. The molecule has 0 atom stereocenters. The molecule has 0 fully saturated rings. The van der Waals surface area contributed by atoms with E-state index in [1.54, 1.807) is 24.3 Å². The number of carbonyl (C=O) groups is 1. The van der Waals surface area contributed by atoms with Crippen molar-refractivity contribution < 1.29 is 23.8 Å². The molecule has 0 aliphatic carbocycles. The Morgan fingerprint density at radius 1 is 1.04 bits per heavy atom. The van der Waals surface area contributed by atoms with Gasteiger partial charge in [0.05, 0.1) is 31.6 Å². The first-order chi connectivity index (χ1) is 11.6. The van der Waals surface area contributed by atoms with Crippen molar-refractivity contribution in [1.29, 1.82) is 0 Å². The van der Waals surface area contributed by atoms with Gasteiger partial charge in [0.1, 0.15) is 12.9 Å². The molecule has 2 rings (SSSR count). The summed E-state index contributed by atoms with van der Waals surface area (Å²) in [6.45, 7) is 0. The third kappa shape index (κ3) is 3.97. The second-order valence-electron chi connectivity index (χ2n) is 4.50. The van der Waals surface area contributed by atoms with Crippen LogP contribution in [0.1, 0.15) is 15.9 Å². The molecule has 2 aromatic carbocycles. The summed E-state index contributed by atoms with van der Waals surface area (Å²) in [5, 5.41) is 3.73. The lowest BCUT2D eigenvalue weighted by molar-refractivity contribution is 0.0733. The maximum absolute atomic E-state index is 12.4. The van der Waals surface area contributed by atoms with Crippen molar-refractivity contribution in [2.75, 3.05) is 21.3 Å². The van der Waals surface area contributed by atoms with Gasteiger partial charge in [-0.3, -0.25) is 0 Å². The first kappa shape index (κ1) is 18.1. The predicted molar refractivity (Wildman–Crippen MR) is 98.3 cm³/mol. The van der Waals surface area contributed by atoms with Crippen LogP contribution in [-0.2, 0) is 4.84 Å². The van der Waals surface area contributed by atoms with E-state index in [2.05, 4.69) is 27.7 Å². The van der Waals surface area contributed by atoms with Gasteiger partial charge < -0.3 is 19.0 Å². The fourth-order valence-corrected chi connectivity index (χ4v) is 2.64. The molecule has 0 heterocycles. The molecule has 2 aromatic rings. The number of nitrogens with zero attached hydrogens (tertiary/aromatic N) is 1. The van der Waals surface area contributed by atoms with E-state index >= 15 is 0 Å². The first-order valence-electron chi connectivity index (χ1n) is 6.90. The van der Waals surface area contributed by atoms with Crippen LogP contribution < -0.4 is 14.2 Å². The summed E-state index contributed by atoms with van der Waals surface area (Å²) in [5.74, 6) is 0.702. The highest BCUT2D eigenvalue weighted by Gasteiger charge is 2.19. The van der Waals surface area contributed by atoms with Gasteiger partial charge in [-0.2, -0.15) is 0 Å². The zero-order valence-electron chi connectivity index (χ0n) is 13.4. The standard InChI is InChI=1S/C17H16INO5/c1-21-15-9-8-14(12(10-19-23-3)16(15)22-2)24-17(20)11-6-4-5-7-13(11)18/h4-10H,1-3H3/b19-10+. The summed E-state index contributed by atoms with van der Waals surface area (Å²) in [4.78, 5) is 17.2. The fraction of sp³-hybridized carbons (Fsp3) is 0.176. The monoisotopic (exact) mass is 441 g/mol. The smallest absolute Gasteiger partial charge is 0.344 e. The first-order valence-corrected chi connectivity index (χ1v) is 7.98. The molecule has 6 nitrogen and oxygen atoms in total. The summed E-state index contributed by atoms with van der Waals surface area (Å²) in [5.41, 5.74) is 0.917. The van der Waals surface area contributed by atoms with Gasteiger partial charge in [-0.15, -0.1) is 0 Å². The van der Waals surface area contributed by atoms with E-state index in [-0.39, 0.29) is 5.75 Å². The number of hydrogen-bond acceptors (Lipinski definition) is 6. The van der Waals surface area contributed by atoms with E-state index in [4.69, 9.17) is 19.0 Å². The number of rotatable bonds is 6. The van der Waals surface area contributed by atoms with Crippen molar-refractivity contribution in [3.63, 3.8) is 0 Å². The van der Waals surface area contributed by atoms with E-state index in [0.717, 1.165) is 3.57 Å². The van der Waals surface area contributed by atoms with Crippen molar-refractivity contribution in [2.24, 2.45) is 5.16 Å². The maximum Gasteiger partial charge on any atom is 0.344 e. The summed E-state index contributed by atoms with van der Waals surface area (Å²) in [7, 11) is 4.43. The highest BCUT2D eigenvalue weighted by atomic mass is 127. The van der Waals surface area contributed by atoms with Crippen LogP contribution >= 0.6 is 22.6 Å². The highest BCUT2D eigenvalue weighted by Crippen LogP contribution is 2.36. The summed E-state index contributed by atoms with van der Waals surface area (Å²) < 4.78 is 16.9. The number of benzene rings is 2. The lowest BCUT2D eigenvalue weighted by atomic mass is 10.1. The molecule has 0 radical (unpaired) electrons. The molecule has 0 N–H and O–H groups in total. The fourth-order valence-electron chi connectivity index (χ4n) is 2.03. The van der Waals surface area contributed by atoms with Crippen LogP contribution in [0.25, 0.3) is 0 Å². The minimum absolute atomic E-state index is 0.290. The molecule has 0 aliphatic heterocycles. The molecule has 126 valence electrons. The summed E-state index contributed by atoms with van der Waals surface area (Å²) >= 11 is 2.08. The molecule has 7 heteroatoms. The Hall–Kier alpha value is -2.29. The van der Waals surface area contributed by atoms with Crippen molar-refractivity contribution in [3.05, 3.63) is 51.1 Å². The Balaban J connectivity index is 2.44. The second-order valence-corrected chi connectivity index (χ2v) is 5.66. The van der Waals surface area contributed by atoms with Gasteiger partial charge in [-0.1, -0.05) is 17.3 Å². The second kappa shape index (κ2) is 8.53. The van der Waals surface area contributed by atoms with Gasteiger partial charge in [0, 0.05) is 3.57 Å². The average molecular weight is 441 g/mol. The van der Waals surface area contributed by atoms with Crippen LogP contribution in [0.4, 0.5) is 0 Å². The van der Waals surface area contributed by atoms with Gasteiger partial charge in [0.25, 0.3) is 0 Å². The van der Waals surface area contributed by atoms with Crippen LogP contribution in [0.3, 0.4) is 0 Å². The van der Waals surface area contributed by atoms with Crippen molar-refractivity contribution in [3.8, 4) is 17.2 Å². The Bertz CT molecular complexity index is 761. The zero-order chi connectivity index (χ0) is 17.5. The van der Waals surface area contributed by atoms with E-state index in [0.29, 0.717) is 22.6 Å². The van der Waals surface area contributed by atoms with Gasteiger partial charge in [-0.05, 0) is 46.9 Å². The number of hydrogen-bond donors (Lipinski definition) is 0. The average Bonchev–Trinajstić information content (AvgIpc) is 2.60. The molecular formula is C17H16INO5. The molecule has 24 heavy (non-hydrogen) atoms. The number of esters is 1. The van der Waals surface area contributed by atoms with E-state index < -0.39 is 5.97 Å². The Kier molecular flexibility index (Phi) is 6.42. The van der Waals surface area contributed by atoms with Crippen LogP contribution in [0.2, 0.25) is 0 Å². The predicted octanol–water partition coefficient (Wildman–Crippen LogP) is 3.51. The van der Waals surface area contributed by atoms with Crippen LogP contribution in [0, 0.1) is 3.57 Å². The lowest BCUT2D eigenvalue weighted by Gasteiger charge is -2.14. The van der Waals surface area contributed by atoms with Gasteiger partial charge in [0.2, 0.25) is 0 Å². The van der Waals surface area contributed by atoms with Crippen LogP contribution in [0.15, 0.2) is 41.6 Å². The van der Waals surface area contributed by atoms with E-state index in [1.165, 1.54) is 27.5 Å². The molecule has 0 saturated heterocycles. The molecule has 0 spiro atoms. The molecule has 0 saturated carbocycles. The van der Waals surface area contributed by atoms with E-state index in [9.17, 15) is 4.79 Å². The Morgan fingerprint density at radius 3 is 2.38 bits per heavy atom. The topological polar surface area (TPSA) is 66.4 Å². The van der Waals surface area contributed by atoms with Crippen molar-refractivity contribution in [2.45, 2.75) is 0 Å². The largest absolute Gasteiger partial charge is 0.493 e. The molecule has 0 aromatic heterocycles. The number of carbonyl (C=O) groups excluding carboxylic acids is 1. The van der Waals surface area contributed by atoms with Gasteiger partial charge in [0.15, 0.2) is 11.5 Å². The summed E-state index contributed by atoms with van der Waals surface area (Å²) in [6.07, 6.45) is 1.40. The minimum atomic E-state index is -0.473. The number of halogens is 1. The SMILES string of the molecule is CO/N=C/c1c(OC(=O)c2ccccc2I)ccc(OC)c1OC. The van der Waals surface area contributed by atoms with Crippen molar-refractivity contribution >= 4 is 34.8 Å². The summed E-state index contributed by atoms with van der Waals surface area (Å²) in [6, 6.07) is 10.4. The number of oxime groups is 1. The maximum atomic E-state index is 12.4. The Labute approximate surface area is 153 Å². The third-order valence-corrected chi connectivity index (χ3v) is 4.07. The zero-order valence-corrected chi connectivity index (χ0v) is 15.6. The van der Waals surface area contributed by atoms with Gasteiger partial charge >= 0.3 is 5.97 Å². The molecule has 0 aliphatic rings. The molecule has 0 amide bonds. The minimum Gasteiger partial charge on any atom is -0.493 e. The quantitative estimate of drug-likeness (QED) is 0.226.